The molecule has 0 aliphatic rings. The minimum absolute atomic E-state index is 0.0694. The number of unbranched alkanes of at least 4 members (excludes halogenated alkanes) is 46. The predicted molar refractivity (Wildman–Crippen MR) is 316 cm³/mol. The van der Waals surface area contributed by atoms with Gasteiger partial charge >= 0.3 is 17.9 Å². The lowest BCUT2D eigenvalue weighted by Crippen LogP contribution is -2.30. The highest BCUT2D eigenvalue weighted by Gasteiger charge is 2.19. The average molecular weight is 1030 g/mol. The van der Waals surface area contributed by atoms with E-state index in [4.69, 9.17) is 14.2 Å². The lowest BCUT2D eigenvalue weighted by Gasteiger charge is -2.18. The fourth-order valence-electron chi connectivity index (χ4n) is 9.97. The first-order valence-corrected chi connectivity index (χ1v) is 32.8. The molecule has 0 aliphatic heterocycles. The summed E-state index contributed by atoms with van der Waals surface area (Å²) < 4.78 is 17.0. The monoisotopic (exact) mass is 1030 g/mol. The summed E-state index contributed by atoms with van der Waals surface area (Å²) >= 11 is 0. The van der Waals surface area contributed by atoms with Crippen LogP contribution in [0, 0.1) is 0 Å². The van der Waals surface area contributed by atoms with E-state index in [1.165, 1.54) is 263 Å². The maximum absolute atomic E-state index is 12.9. The first-order valence-electron chi connectivity index (χ1n) is 32.8. The number of hydrogen-bond acceptors (Lipinski definition) is 6. The van der Waals surface area contributed by atoms with Crippen molar-refractivity contribution in [1.82, 2.24) is 0 Å². The number of ether oxygens (including phenoxy) is 3. The summed E-state index contributed by atoms with van der Waals surface area (Å²) in [4.78, 5) is 38.3. The van der Waals surface area contributed by atoms with Gasteiger partial charge in [-0.05, 0) is 70.6 Å². The zero-order chi connectivity index (χ0) is 52.9. The Morgan fingerprint density at radius 3 is 0.685 bits per heavy atom. The van der Waals surface area contributed by atoms with Crippen LogP contribution in [0.3, 0.4) is 0 Å². The van der Waals surface area contributed by atoms with Crippen LogP contribution in [0.15, 0.2) is 24.3 Å². The summed E-state index contributed by atoms with van der Waals surface area (Å²) in [5.74, 6) is -0.852. The van der Waals surface area contributed by atoms with E-state index >= 15 is 0 Å². The van der Waals surface area contributed by atoms with Gasteiger partial charge < -0.3 is 14.2 Å². The lowest BCUT2D eigenvalue weighted by atomic mass is 10.0. The van der Waals surface area contributed by atoms with Crippen molar-refractivity contribution in [2.75, 3.05) is 13.2 Å². The third-order valence-electron chi connectivity index (χ3n) is 14.9. The number of carbonyl (C=O) groups excluding carboxylic acids is 3. The molecule has 6 nitrogen and oxygen atoms in total. The van der Waals surface area contributed by atoms with Crippen LogP contribution in [0.1, 0.15) is 367 Å². The second-order valence-corrected chi connectivity index (χ2v) is 22.4. The molecule has 0 heterocycles. The van der Waals surface area contributed by atoms with Crippen LogP contribution in [0.25, 0.3) is 0 Å². The van der Waals surface area contributed by atoms with Crippen molar-refractivity contribution < 1.29 is 28.6 Å². The fourth-order valence-corrected chi connectivity index (χ4v) is 9.97. The molecular weight excluding hydrogens is 901 g/mol. The van der Waals surface area contributed by atoms with Gasteiger partial charge in [-0.3, -0.25) is 14.4 Å². The van der Waals surface area contributed by atoms with Gasteiger partial charge in [0.25, 0.3) is 0 Å². The van der Waals surface area contributed by atoms with Gasteiger partial charge in [-0.1, -0.05) is 302 Å². The topological polar surface area (TPSA) is 78.9 Å². The number of hydrogen-bond donors (Lipinski definition) is 0. The molecule has 0 aromatic carbocycles. The Labute approximate surface area is 455 Å². The largest absolute Gasteiger partial charge is 0.462 e. The maximum Gasteiger partial charge on any atom is 0.306 e. The van der Waals surface area contributed by atoms with Gasteiger partial charge in [0.15, 0.2) is 6.10 Å². The molecule has 0 radical (unpaired) electrons. The van der Waals surface area contributed by atoms with E-state index in [9.17, 15) is 14.4 Å². The Morgan fingerprint density at radius 2 is 0.452 bits per heavy atom. The van der Waals surface area contributed by atoms with E-state index in [0.717, 1.165) is 64.2 Å². The first-order chi connectivity index (χ1) is 36.0. The van der Waals surface area contributed by atoms with E-state index < -0.39 is 6.10 Å². The van der Waals surface area contributed by atoms with Gasteiger partial charge in [-0.2, -0.15) is 0 Å². The van der Waals surface area contributed by atoms with Crippen LogP contribution in [-0.4, -0.2) is 37.2 Å². The highest BCUT2D eigenvalue weighted by atomic mass is 16.6. The van der Waals surface area contributed by atoms with Gasteiger partial charge in [0.1, 0.15) is 13.2 Å². The minimum Gasteiger partial charge on any atom is -0.462 e. The standard InChI is InChI=1S/C67H126O6/c1-4-7-10-13-16-19-22-25-28-31-33-35-36-39-42-45-48-51-54-57-60-66(69)72-63-64(62-71-65(68)59-56-53-50-47-44-41-38-30-27-24-21-18-15-12-9-6-3)73-67(70)61-58-55-52-49-46-43-40-37-34-32-29-26-23-20-17-14-11-8-5-2/h26,29-30,38,64H,4-25,27-28,31-37,39-63H2,1-3H3/b29-26-,38-30-. The third-order valence-corrected chi connectivity index (χ3v) is 14.9. The van der Waals surface area contributed by atoms with E-state index in [1.807, 2.05) is 0 Å². The molecular formula is C67H126O6. The smallest absolute Gasteiger partial charge is 0.306 e. The first kappa shape index (κ1) is 70.9. The van der Waals surface area contributed by atoms with Gasteiger partial charge in [-0.25, -0.2) is 0 Å². The van der Waals surface area contributed by atoms with Crippen LogP contribution in [0.5, 0.6) is 0 Å². The Bertz CT molecular complexity index is 1180. The maximum atomic E-state index is 12.9. The molecule has 0 bridgehead atoms. The zero-order valence-electron chi connectivity index (χ0n) is 49.4. The van der Waals surface area contributed by atoms with Crippen molar-refractivity contribution >= 4 is 17.9 Å². The van der Waals surface area contributed by atoms with E-state index in [1.54, 1.807) is 0 Å². The summed E-state index contributed by atoms with van der Waals surface area (Å²) in [7, 11) is 0. The molecule has 0 aromatic rings. The molecule has 0 N–H and O–H groups in total. The van der Waals surface area contributed by atoms with Crippen molar-refractivity contribution in [3.05, 3.63) is 24.3 Å². The zero-order valence-corrected chi connectivity index (χ0v) is 49.4. The molecule has 6 heteroatoms. The SMILES string of the molecule is CCCCCCCC/C=C\CCCCCCCCCCCC(=O)OC(COC(=O)CCCCCCC/C=C\CCCCCCCCC)COC(=O)CCCCCCCCCCCCCCCCCCCCCC. The van der Waals surface area contributed by atoms with E-state index in [-0.39, 0.29) is 31.1 Å². The van der Waals surface area contributed by atoms with Crippen molar-refractivity contribution in [3.63, 3.8) is 0 Å². The fraction of sp³-hybridized carbons (Fsp3) is 0.896. The van der Waals surface area contributed by atoms with E-state index in [0.29, 0.717) is 19.3 Å². The van der Waals surface area contributed by atoms with Crippen molar-refractivity contribution in [2.45, 2.75) is 374 Å². The molecule has 1 unspecified atom stereocenters. The summed E-state index contributed by atoms with van der Waals surface area (Å²) in [6, 6.07) is 0. The average Bonchev–Trinajstić information content (AvgIpc) is 3.39. The molecule has 73 heavy (non-hydrogen) atoms. The second-order valence-electron chi connectivity index (χ2n) is 22.4. The number of carbonyl (C=O) groups is 3. The van der Waals surface area contributed by atoms with Crippen molar-refractivity contribution in [1.29, 1.82) is 0 Å². The molecule has 0 aliphatic carbocycles. The molecule has 0 aromatic heterocycles. The van der Waals surface area contributed by atoms with Crippen molar-refractivity contribution in [3.8, 4) is 0 Å². The van der Waals surface area contributed by atoms with Crippen LogP contribution in [0.2, 0.25) is 0 Å². The van der Waals surface area contributed by atoms with Gasteiger partial charge in [-0.15, -0.1) is 0 Å². The van der Waals surface area contributed by atoms with Crippen LogP contribution in [0.4, 0.5) is 0 Å². The van der Waals surface area contributed by atoms with Crippen LogP contribution < -0.4 is 0 Å². The van der Waals surface area contributed by atoms with Gasteiger partial charge in [0, 0.05) is 19.3 Å². The Balaban J connectivity index is 4.32. The molecule has 0 saturated heterocycles. The number of esters is 3. The summed E-state index contributed by atoms with van der Waals surface area (Å²) in [6.45, 7) is 6.70. The normalized spacial score (nSPS) is 12.1. The van der Waals surface area contributed by atoms with Crippen LogP contribution in [-0.2, 0) is 28.6 Å². The molecule has 1 atom stereocenters. The van der Waals surface area contributed by atoms with Gasteiger partial charge in [0.2, 0.25) is 0 Å². The second kappa shape index (κ2) is 62.4. The molecule has 0 fully saturated rings. The Kier molecular flexibility index (Phi) is 60.6. The predicted octanol–water partition coefficient (Wildman–Crippen LogP) is 22.2. The number of rotatable bonds is 61. The summed E-state index contributed by atoms with van der Waals surface area (Å²) in [5, 5.41) is 0. The van der Waals surface area contributed by atoms with E-state index in [2.05, 4.69) is 45.1 Å². The third kappa shape index (κ3) is 60.6. The Hall–Kier alpha value is -2.11. The lowest BCUT2D eigenvalue weighted by molar-refractivity contribution is -0.167. The molecule has 0 spiro atoms. The van der Waals surface area contributed by atoms with Crippen molar-refractivity contribution in [2.24, 2.45) is 0 Å². The van der Waals surface area contributed by atoms with Crippen LogP contribution >= 0.6 is 0 Å². The summed E-state index contributed by atoms with van der Waals surface area (Å²) in [5.41, 5.74) is 0. The molecule has 0 amide bonds. The molecule has 0 saturated carbocycles. The highest BCUT2D eigenvalue weighted by molar-refractivity contribution is 5.71. The summed E-state index contributed by atoms with van der Waals surface area (Å²) in [6.07, 6.45) is 74.7. The Morgan fingerprint density at radius 1 is 0.260 bits per heavy atom. The molecule has 0 rings (SSSR count). The minimum atomic E-state index is -0.773. The van der Waals surface area contributed by atoms with Gasteiger partial charge in [0.05, 0.1) is 0 Å². The quantitative estimate of drug-likeness (QED) is 0.0261. The number of allylic oxidation sites excluding steroid dienone is 4. The highest BCUT2D eigenvalue weighted by Crippen LogP contribution is 2.18. The molecule has 430 valence electrons.